The molecule has 1 aromatic heterocycles. The van der Waals surface area contributed by atoms with Crippen molar-refractivity contribution in [2.75, 3.05) is 17.6 Å². The Hall–Kier alpha value is -2.99. The van der Waals surface area contributed by atoms with E-state index in [0.717, 1.165) is 36.9 Å². The Bertz CT molecular complexity index is 839. The normalized spacial score (nSPS) is 10.7. The van der Waals surface area contributed by atoms with Gasteiger partial charge in [0.05, 0.1) is 6.61 Å². The molecule has 134 valence electrons. The van der Waals surface area contributed by atoms with Crippen LogP contribution in [0.15, 0.2) is 54.6 Å². The summed E-state index contributed by atoms with van der Waals surface area (Å²) >= 11 is 0. The van der Waals surface area contributed by atoms with E-state index in [1.807, 2.05) is 30.3 Å². The van der Waals surface area contributed by atoms with Gasteiger partial charge in [-0.1, -0.05) is 54.6 Å². The number of nitrogens with two attached hydrogens (primary N) is 1. The molecule has 0 saturated heterocycles. The largest absolute Gasteiger partial charge is 0.392 e. The summed E-state index contributed by atoms with van der Waals surface area (Å²) in [7, 11) is 0. The van der Waals surface area contributed by atoms with Gasteiger partial charge in [0.1, 0.15) is 0 Å². The van der Waals surface area contributed by atoms with Gasteiger partial charge in [0.2, 0.25) is 11.9 Å². The van der Waals surface area contributed by atoms with Gasteiger partial charge in [-0.25, -0.2) is 0 Å². The Morgan fingerprint density at radius 3 is 2.46 bits per heavy atom. The van der Waals surface area contributed by atoms with E-state index >= 15 is 0 Å². The Morgan fingerprint density at radius 1 is 0.885 bits per heavy atom. The summed E-state index contributed by atoms with van der Waals surface area (Å²) in [5, 5.41) is 12.7. The Morgan fingerprint density at radius 2 is 1.65 bits per heavy atom. The van der Waals surface area contributed by atoms with Crippen molar-refractivity contribution in [1.82, 2.24) is 15.0 Å². The SMILES string of the molecule is Nc1nc(NCCCCc2ccccc2)nc(-c2ccccc2CO)n1. The first-order chi connectivity index (χ1) is 12.8. The maximum Gasteiger partial charge on any atom is 0.228 e. The summed E-state index contributed by atoms with van der Waals surface area (Å²) in [6, 6.07) is 17.9. The highest BCUT2D eigenvalue weighted by molar-refractivity contribution is 5.61. The second-order valence-corrected chi connectivity index (χ2v) is 6.03. The monoisotopic (exact) mass is 349 g/mol. The number of benzene rings is 2. The number of nitrogens with zero attached hydrogens (tertiary/aromatic N) is 3. The number of rotatable bonds is 8. The van der Waals surface area contributed by atoms with Crippen LogP contribution in [-0.2, 0) is 13.0 Å². The van der Waals surface area contributed by atoms with Gasteiger partial charge in [0.15, 0.2) is 5.82 Å². The van der Waals surface area contributed by atoms with Crippen LogP contribution in [0.1, 0.15) is 24.0 Å². The molecule has 0 unspecified atom stereocenters. The number of aromatic nitrogens is 3. The Balaban J connectivity index is 1.59. The van der Waals surface area contributed by atoms with E-state index in [0.29, 0.717) is 11.8 Å². The number of nitrogens with one attached hydrogen (secondary N) is 1. The molecule has 0 fully saturated rings. The van der Waals surface area contributed by atoms with E-state index < -0.39 is 0 Å². The fraction of sp³-hybridized carbons (Fsp3) is 0.250. The van der Waals surface area contributed by atoms with Gasteiger partial charge in [-0.15, -0.1) is 0 Å². The van der Waals surface area contributed by atoms with Crippen LogP contribution in [0, 0.1) is 0 Å². The molecule has 0 aliphatic rings. The summed E-state index contributed by atoms with van der Waals surface area (Å²) in [4.78, 5) is 12.8. The minimum absolute atomic E-state index is 0.0794. The zero-order chi connectivity index (χ0) is 18.2. The number of aliphatic hydroxyl groups is 1. The van der Waals surface area contributed by atoms with Gasteiger partial charge in [0, 0.05) is 12.1 Å². The molecule has 4 N–H and O–H groups in total. The van der Waals surface area contributed by atoms with Crippen LogP contribution in [0.3, 0.4) is 0 Å². The van der Waals surface area contributed by atoms with E-state index in [4.69, 9.17) is 5.73 Å². The topological polar surface area (TPSA) is 97.0 Å². The number of unbranched alkanes of at least 4 members (excludes halogenated alkanes) is 1. The molecular weight excluding hydrogens is 326 g/mol. The van der Waals surface area contributed by atoms with Crippen molar-refractivity contribution >= 4 is 11.9 Å². The number of nitrogen functional groups attached to an aromatic ring is 1. The lowest BCUT2D eigenvalue weighted by molar-refractivity contribution is 0.282. The molecule has 0 aliphatic carbocycles. The van der Waals surface area contributed by atoms with Gasteiger partial charge in [-0.05, 0) is 30.4 Å². The minimum atomic E-state index is -0.0794. The second-order valence-electron chi connectivity index (χ2n) is 6.03. The van der Waals surface area contributed by atoms with Crippen LogP contribution in [-0.4, -0.2) is 26.6 Å². The highest BCUT2D eigenvalue weighted by atomic mass is 16.3. The summed E-state index contributed by atoms with van der Waals surface area (Å²) in [6.45, 7) is 0.682. The lowest BCUT2D eigenvalue weighted by atomic mass is 10.1. The smallest absolute Gasteiger partial charge is 0.228 e. The Kier molecular flexibility index (Phi) is 6.11. The molecule has 3 aromatic rings. The van der Waals surface area contributed by atoms with Crippen LogP contribution in [0.25, 0.3) is 11.4 Å². The van der Waals surface area contributed by atoms with Crippen molar-refractivity contribution in [1.29, 1.82) is 0 Å². The molecule has 6 nitrogen and oxygen atoms in total. The summed E-state index contributed by atoms with van der Waals surface area (Å²) in [5.41, 5.74) is 8.69. The fourth-order valence-electron chi connectivity index (χ4n) is 2.77. The third-order valence-electron chi connectivity index (χ3n) is 4.10. The maximum atomic E-state index is 9.49. The highest BCUT2D eigenvalue weighted by Crippen LogP contribution is 2.21. The summed E-state index contributed by atoms with van der Waals surface area (Å²) in [5.74, 6) is 1.09. The molecule has 0 bridgehead atoms. The van der Waals surface area contributed by atoms with Crippen LogP contribution in [0.5, 0.6) is 0 Å². The first-order valence-corrected chi connectivity index (χ1v) is 8.75. The zero-order valence-corrected chi connectivity index (χ0v) is 14.6. The van der Waals surface area contributed by atoms with Crippen LogP contribution < -0.4 is 11.1 Å². The first kappa shape index (κ1) is 17.8. The Labute approximate surface area is 153 Å². The molecule has 0 spiro atoms. The maximum absolute atomic E-state index is 9.49. The third kappa shape index (κ3) is 4.77. The zero-order valence-electron chi connectivity index (χ0n) is 14.6. The number of aliphatic hydroxyl groups excluding tert-OH is 1. The molecule has 1 heterocycles. The summed E-state index contributed by atoms with van der Waals surface area (Å²) in [6.07, 6.45) is 3.14. The van der Waals surface area contributed by atoms with Crippen LogP contribution in [0.4, 0.5) is 11.9 Å². The van der Waals surface area contributed by atoms with E-state index in [2.05, 4.69) is 44.5 Å². The molecule has 0 amide bonds. The van der Waals surface area contributed by atoms with Gasteiger partial charge < -0.3 is 16.2 Å². The molecule has 26 heavy (non-hydrogen) atoms. The van der Waals surface area contributed by atoms with Gasteiger partial charge in [-0.3, -0.25) is 0 Å². The van der Waals surface area contributed by atoms with Gasteiger partial charge in [0.25, 0.3) is 0 Å². The number of anilines is 2. The molecule has 0 atom stereocenters. The molecule has 0 saturated carbocycles. The molecule has 0 aliphatic heterocycles. The quantitative estimate of drug-likeness (QED) is 0.541. The van der Waals surface area contributed by atoms with Gasteiger partial charge in [-0.2, -0.15) is 15.0 Å². The lowest BCUT2D eigenvalue weighted by Crippen LogP contribution is -2.10. The third-order valence-corrected chi connectivity index (χ3v) is 4.10. The van der Waals surface area contributed by atoms with Crippen molar-refractivity contribution in [3.63, 3.8) is 0 Å². The molecule has 3 rings (SSSR count). The first-order valence-electron chi connectivity index (χ1n) is 8.75. The molecule has 6 heteroatoms. The predicted molar refractivity (Wildman–Crippen MR) is 103 cm³/mol. The van der Waals surface area contributed by atoms with Gasteiger partial charge >= 0.3 is 0 Å². The van der Waals surface area contributed by atoms with Crippen molar-refractivity contribution in [3.05, 3.63) is 65.7 Å². The average molecular weight is 349 g/mol. The predicted octanol–water partition coefficient (Wildman–Crippen LogP) is 3.05. The number of hydrogen-bond acceptors (Lipinski definition) is 6. The van der Waals surface area contributed by atoms with E-state index in [1.165, 1.54) is 5.56 Å². The number of hydrogen-bond donors (Lipinski definition) is 3. The standard InChI is InChI=1S/C20H23N5O/c21-19-23-18(17-12-5-4-11-16(17)14-26)24-20(25-19)22-13-7-6-10-15-8-2-1-3-9-15/h1-5,8-9,11-12,26H,6-7,10,13-14H2,(H3,21,22,23,24,25). The van der Waals surface area contributed by atoms with Crippen LogP contribution in [0.2, 0.25) is 0 Å². The summed E-state index contributed by atoms with van der Waals surface area (Å²) < 4.78 is 0. The van der Waals surface area contributed by atoms with E-state index in [-0.39, 0.29) is 12.6 Å². The van der Waals surface area contributed by atoms with Crippen molar-refractivity contribution < 1.29 is 5.11 Å². The van der Waals surface area contributed by atoms with Crippen LogP contribution >= 0.6 is 0 Å². The molecule has 2 aromatic carbocycles. The average Bonchev–Trinajstić information content (AvgIpc) is 2.68. The lowest BCUT2D eigenvalue weighted by Gasteiger charge is -2.09. The number of aryl methyl sites for hydroxylation is 1. The molecule has 0 radical (unpaired) electrons. The second kappa shape index (κ2) is 8.92. The molecular formula is C20H23N5O. The minimum Gasteiger partial charge on any atom is -0.392 e. The van der Waals surface area contributed by atoms with Crippen molar-refractivity contribution in [2.24, 2.45) is 0 Å². The van der Waals surface area contributed by atoms with E-state index in [9.17, 15) is 5.11 Å². The highest BCUT2D eigenvalue weighted by Gasteiger charge is 2.10. The van der Waals surface area contributed by atoms with Crippen molar-refractivity contribution in [3.8, 4) is 11.4 Å². The van der Waals surface area contributed by atoms with Crippen molar-refractivity contribution in [2.45, 2.75) is 25.9 Å². The fourth-order valence-corrected chi connectivity index (χ4v) is 2.77. The van der Waals surface area contributed by atoms with E-state index in [1.54, 1.807) is 0 Å².